The molecule has 6 heteroatoms. The molecule has 0 aromatic heterocycles. The van der Waals surface area contributed by atoms with E-state index in [-0.39, 0.29) is 12.1 Å². The third-order valence-corrected chi connectivity index (χ3v) is 4.89. The van der Waals surface area contributed by atoms with Crippen LogP contribution in [-0.2, 0) is 17.7 Å². The maximum absolute atomic E-state index is 12.3. The Morgan fingerprint density at radius 3 is 2.24 bits per heavy atom. The van der Waals surface area contributed by atoms with E-state index in [4.69, 9.17) is 4.74 Å². The Kier molecular flexibility index (Phi) is 5.82. The molecule has 0 spiro atoms. The first-order chi connectivity index (χ1) is 13.6. The largest absolute Gasteiger partial charge is 0.444 e. The number of carbonyl (C=O) groups excluding carboxylic acids is 2. The van der Waals surface area contributed by atoms with E-state index in [2.05, 4.69) is 10.6 Å². The van der Waals surface area contributed by atoms with Crippen LogP contribution in [0.15, 0.2) is 36.4 Å². The Bertz CT molecular complexity index is 931. The normalized spacial score (nSPS) is 13.5. The molecule has 6 nitrogen and oxygen atoms in total. The van der Waals surface area contributed by atoms with E-state index in [0.29, 0.717) is 13.1 Å². The van der Waals surface area contributed by atoms with Gasteiger partial charge in [0, 0.05) is 24.5 Å². The number of carbonyl (C=O) groups is 2. The van der Waals surface area contributed by atoms with Crippen LogP contribution in [0, 0.1) is 13.8 Å². The fourth-order valence-electron chi connectivity index (χ4n) is 3.23. The molecule has 1 aliphatic heterocycles. The average molecular weight is 396 g/mol. The standard InChI is InChI=1S/C23H29N3O3/c1-15-6-8-19(12-16(15)2)24-21(27)25-20-9-7-18-14-26(11-10-17(18)13-20)22(28)29-23(3,4)5/h6-9,12-13H,10-11,14H2,1-5H3,(H2,24,25,27). The van der Waals surface area contributed by atoms with Crippen LogP contribution in [0.1, 0.15) is 43.0 Å². The summed E-state index contributed by atoms with van der Waals surface area (Å²) in [5.41, 5.74) is 5.51. The minimum atomic E-state index is -0.505. The van der Waals surface area contributed by atoms with Gasteiger partial charge in [-0.25, -0.2) is 9.59 Å². The van der Waals surface area contributed by atoms with Gasteiger partial charge in [0.15, 0.2) is 0 Å². The van der Waals surface area contributed by atoms with E-state index in [9.17, 15) is 9.59 Å². The number of hydrogen-bond acceptors (Lipinski definition) is 3. The molecular formula is C23H29N3O3. The number of rotatable bonds is 2. The van der Waals surface area contributed by atoms with Gasteiger partial charge in [-0.05, 0) is 87.6 Å². The molecular weight excluding hydrogens is 366 g/mol. The van der Waals surface area contributed by atoms with Crippen molar-refractivity contribution in [1.29, 1.82) is 0 Å². The van der Waals surface area contributed by atoms with Gasteiger partial charge in [0.1, 0.15) is 5.60 Å². The van der Waals surface area contributed by atoms with Crippen LogP contribution in [0.4, 0.5) is 21.0 Å². The SMILES string of the molecule is Cc1ccc(NC(=O)Nc2ccc3c(c2)CCN(C(=O)OC(C)(C)C)C3)cc1C. The molecule has 29 heavy (non-hydrogen) atoms. The third kappa shape index (κ3) is 5.50. The fourth-order valence-corrected chi connectivity index (χ4v) is 3.23. The van der Waals surface area contributed by atoms with Crippen molar-refractivity contribution < 1.29 is 14.3 Å². The predicted octanol–water partition coefficient (Wildman–Crippen LogP) is 5.24. The van der Waals surface area contributed by atoms with Gasteiger partial charge in [0.25, 0.3) is 0 Å². The van der Waals surface area contributed by atoms with Crippen LogP contribution in [0.5, 0.6) is 0 Å². The summed E-state index contributed by atoms with van der Waals surface area (Å²) in [6.45, 7) is 10.8. The Morgan fingerprint density at radius 1 is 0.931 bits per heavy atom. The van der Waals surface area contributed by atoms with E-state index < -0.39 is 5.60 Å². The molecule has 154 valence electrons. The van der Waals surface area contributed by atoms with Gasteiger partial charge >= 0.3 is 12.1 Å². The highest BCUT2D eigenvalue weighted by Crippen LogP contribution is 2.24. The second kappa shape index (κ2) is 8.15. The lowest BCUT2D eigenvalue weighted by molar-refractivity contribution is 0.0224. The Balaban J connectivity index is 1.62. The minimum absolute atomic E-state index is 0.278. The monoisotopic (exact) mass is 395 g/mol. The zero-order chi connectivity index (χ0) is 21.2. The lowest BCUT2D eigenvalue weighted by atomic mass is 9.99. The maximum Gasteiger partial charge on any atom is 0.410 e. The summed E-state index contributed by atoms with van der Waals surface area (Å²) in [6.07, 6.45) is 0.432. The molecule has 0 radical (unpaired) electrons. The average Bonchev–Trinajstić information content (AvgIpc) is 2.63. The van der Waals surface area contributed by atoms with Gasteiger partial charge < -0.3 is 20.3 Å². The highest BCUT2D eigenvalue weighted by Gasteiger charge is 2.25. The van der Waals surface area contributed by atoms with E-state index in [0.717, 1.165) is 34.5 Å². The predicted molar refractivity (Wildman–Crippen MR) is 115 cm³/mol. The molecule has 2 N–H and O–H groups in total. The number of ether oxygens (including phenoxy) is 1. The second-order valence-electron chi connectivity index (χ2n) is 8.51. The Hall–Kier alpha value is -3.02. The molecule has 0 aliphatic carbocycles. The number of nitrogens with zero attached hydrogens (tertiary/aromatic N) is 1. The van der Waals surface area contributed by atoms with E-state index in [1.807, 2.05) is 71.0 Å². The van der Waals surface area contributed by atoms with Gasteiger partial charge in [-0.15, -0.1) is 0 Å². The van der Waals surface area contributed by atoms with Crippen molar-refractivity contribution in [1.82, 2.24) is 4.90 Å². The summed E-state index contributed by atoms with van der Waals surface area (Å²) >= 11 is 0. The smallest absolute Gasteiger partial charge is 0.410 e. The van der Waals surface area contributed by atoms with Gasteiger partial charge in [-0.1, -0.05) is 12.1 Å². The van der Waals surface area contributed by atoms with E-state index in [1.165, 1.54) is 5.56 Å². The van der Waals surface area contributed by atoms with Crippen molar-refractivity contribution >= 4 is 23.5 Å². The van der Waals surface area contributed by atoms with E-state index in [1.54, 1.807) is 4.90 Å². The summed E-state index contributed by atoms with van der Waals surface area (Å²) in [5.74, 6) is 0. The van der Waals surface area contributed by atoms with Crippen molar-refractivity contribution in [3.8, 4) is 0 Å². The van der Waals surface area contributed by atoms with Crippen molar-refractivity contribution in [2.45, 2.75) is 53.2 Å². The number of anilines is 2. The second-order valence-corrected chi connectivity index (χ2v) is 8.51. The number of benzene rings is 2. The molecule has 2 aromatic carbocycles. The number of amides is 3. The fraction of sp³-hybridized carbons (Fsp3) is 0.391. The van der Waals surface area contributed by atoms with Gasteiger partial charge in [0.05, 0.1) is 0 Å². The molecule has 0 bridgehead atoms. The summed E-state index contributed by atoms with van der Waals surface area (Å²) < 4.78 is 5.46. The molecule has 0 unspecified atom stereocenters. The number of aryl methyl sites for hydroxylation is 2. The molecule has 3 amide bonds. The highest BCUT2D eigenvalue weighted by atomic mass is 16.6. The lowest BCUT2D eigenvalue weighted by Crippen LogP contribution is -2.39. The number of urea groups is 1. The number of hydrogen-bond donors (Lipinski definition) is 2. The third-order valence-electron chi connectivity index (χ3n) is 4.89. The molecule has 2 aromatic rings. The minimum Gasteiger partial charge on any atom is -0.444 e. The molecule has 0 atom stereocenters. The van der Waals surface area contributed by atoms with Gasteiger partial charge in [0.2, 0.25) is 0 Å². The number of fused-ring (bicyclic) bond motifs is 1. The topological polar surface area (TPSA) is 70.7 Å². The van der Waals surface area contributed by atoms with Crippen LogP contribution < -0.4 is 10.6 Å². The van der Waals surface area contributed by atoms with Crippen LogP contribution in [0.3, 0.4) is 0 Å². The van der Waals surface area contributed by atoms with Crippen LogP contribution in [0.2, 0.25) is 0 Å². The zero-order valence-corrected chi connectivity index (χ0v) is 17.8. The molecule has 1 aliphatic rings. The van der Waals surface area contributed by atoms with Gasteiger partial charge in [-0.2, -0.15) is 0 Å². The first kappa shape index (κ1) is 20.7. The highest BCUT2D eigenvalue weighted by molar-refractivity contribution is 5.99. The van der Waals surface area contributed by atoms with Crippen molar-refractivity contribution in [2.75, 3.05) is 17.2 Å². The van der Waals surface area contributed by atoms with E-state index >= 15 is 0 Å². The zero-order valence-electron chi connectivity index (χ0n) is 17.8. The van der Waals surface area contributed by atoms with Crippen LogP contribution in [-0.4, -0.2) is 29.2 Å². The number of nitrogens with one attached hydrogen (secondary N) is 2. The molecule has 3 rings (SSSR count). The summed E-state index contributed by atoms with van der Waals surface area (Å²) in [7, 11) is 0. The molecule has 0 fully saturated rings. The first-order valence-corrected chi connectivity index (χ1v) is 9.86. The lowest BCUT2D eigenvalue weighted by Gasteiger charge is -2.31. The molecule has 1 heterocycles. The van der Waals surface area contributed by atoms with Gasteiger partial charge in [-0.3, -0.25) is 0 Å². The Morgan fingerprint density at radius 2 is 1.59 bits per heavy atom. The van der Waals surface area contributed by atoms with Crippen molar-refractivity contribution in [3.63, 3.8) is 0 Å². The molecule has 0 saturated carbocycles. The van der Waals surface area contributed by atoms with Crippen molar-refractivity contribution in [3.05, 3.63) is 58.7 Å². The van der Waals surface area contributed by atoms with Crippen LogP contribution in [0.25, 0.3) is 0 Å². The summed E-state index contributed by atoms with van der Waals surface area (Å²) in [6, 6.07) is 11.3. The van der Waals surface area contributed by atoms with Crippen LogP contribution >= 0.6 is 0 Å². The first-order valence-electron chi connectivity index (χ1n) is 9.86. The van der Waals surface area contributed by atoms with Crippen molar-refractivity contribution in [2.24, 2.45) is 0 Å². The summed E-state index contributed by atoms with van der Waals surface area (Å²) in [5, 5.41) is 5.75. The molecule has 0 saturated heterocycles. The maximum atomic E-state index is 12.3. The summed E-state index contributed by atoms with van der Waals surface area (Å²) in [4.78, 5) is 26.3. The Labute approximate surface area is 172 Å². The quantitative estimate of drug-likeness (QED) is 0.730.